The van der Waals surface area contributed by atoms with E-state index >= 15 is 0 Å². The SMILES string of the molecule is CC(=O)N[C@H](C)C(=O)N[C@H](Cc1ccccc1)c1ccccc1F. The molecule has 2 N–H and O–H groups in total. The molecule has 2 amide bonds. The van der Waals surface area contributed by atoms with Gasteiger partial charge in [-0.2, -0.15) is 0 Å². The van der Waals surface area contributed by atoms with E-state index in [1.807, 2.05) is 30.3 Å². The first-order valence-corrected chi connectivity index (χ1v) is 7.83. The van der Waals surface area contributed by atoms with Crippen LogP contribution in [0.5, 0.6) is 0 Å². The minimum Gasteiger partial charge on any atom is -0.347 e. The van der Waals surface area contributed by atoms with E-state index in [9.17, 15) is 14.0 Å². The quantitative estimate of drug-likeness (QED) is 0.857. The zero-order chi connectivity index (χ0) is 17.5. The van der Waals surface area contributed by atoms with E-state index in [0.717, 1.165) is 5.56 Å². The number of hydrogen-bond donors (Lipinski definition) is 2. The lowest BCUT2D eigenvalue weighted by molar-refractivity contribution is -0.128. The number of rotatable bonds is 6. The van der Waals surface area contributed by atoms with Crippen molar-refractivity contribution in [2.24, 2.45) is 0 Å². The summed E-state index contributed by atoms with van der Waals surface area (Å²) in [6.45, 7) is 2.94. The molecule has 2 atom stereocenters. The van der Waals surface area contributed by atoms with Gasteiger partial charge in [-0.1, -0.05) is 48.5 Å². The van der Waals surface area contributed by atoms with E-state index < -0.39 is 12.1 Å². The minimum atomic E-state index is -0.687. The zero-order valence-electron chi connectivity index (χ0n) is 13.8. The Hall–Kier alpha value is -2.69. The van der Waals surface area contributed by atoms with Gasteiger partial charge in [0.05, 0.1) is 6.04 Å². The molecule has 24 heavy (non-hydrogen) atoms. The molecule has 4 nitrogen and oxygen atoms in total. The Labute approximate surface area is 141 Å². The van der Waals surface area contributed by atoms with Crippen LogP contribution in [0.2, 0.25) is 0 Å². The highest BCUT2D eigenvalue weighted by Gasteiger charge is 2.22. The Balaban J connectivity index is 2.21. The van der Waals surface area contributed by atoms with Crippen LogP contribution in [0.25, 0.3) is 0 Å². The molecule has 2 aromatic carbocycles. The molecular weight excluding hydrogens is 307 g/mol. The molecule has 0 aliphatic carbocycles. The molecule has 0 aliphatic rings. The number of nitrogens with one attached hydrogen (secondary N) is 2. The fraction of sp³-hybridized carbons (Fsp3) is 0.263. The van der Waals surface area contributed by atoms with Crippen LogP contribution in [0.3, 0.4) is 0 Å². The van der Waals surface area contributed by atoms with Gasteiger partial charge in [-0.05, 0) is 25.0 Å². The lowest BCUT2D eigenvalue weighted by Gasteiger charge is -2.22. The van der Waals surface area contributed by atoms with Gasteiger partial charge in [0.1, 0.15) is 11.9 Å². The third kappa shape index (κ3) is 4.91. The first kappa shape index (κ1) is 17.7. The van der Waals surface area contributed by atoms with Crippen LogP contribution in [-0.4, -0.2) is 17.9 Å². The molecule has 0 radical (unpaired) electrons. The smallest absolute Gasteiger partial charge is 0.242 e. The standard InChI is InChI=1S/C19H21FN2O2/c1-13(21-14(2)23)19(24)22-18(12-15-8-4-3-5-9-15)16-10-6-7-11-17(16)20/h3-11,13,18H,12H2,1-2H3,(H,21,23)(H,22,24)/t13-,18-/m1/s1. The first-order chi connectivity index (χ1) is 11.5. The van der Waals surface area contributed by atoms with Crippen molar-refractivity contribution in [2.75, 3.05) is 0 Å². The highest BCUT2D eigenvalue weighted by Crippen LogP contribution is 2.21. The van der Waals surface area contributed by atoms with Crippen LogP contribution in [0.4, 0.5) is 4.39 Å². The Morgan fingerprint density at radius 3 is 2.25 bits per heavy atom. The maximum absolute atomic E-state index is 14.2. The second-order valence-electron chi connectivity index (χ2n) is 5.69. The summed E-state index contributed by atoms with van der Waals surface area (Å²) in [7, 11) is 0. The Morgan fingerprint density at radius 1 is 1.00 bits per heavy atom. The molecule has 0 saturated carbocycles. The first-order valence-electron chi connectivity index (χ1n) is 7.83. The van der Waals surface area contributed by atoms with Crippen LogP contribution >= 0.6 is 0 Å². The maximum Gasteiger partial charge on any atom is 0.242 e. The normalized spacial score (nSPS) is 13.0. The van der Waals surface area contributed by atoms with Gasteiger partial charge in [0.25, 0.3) is 0 Å². The molecule has 0 unspecified atom stereocenters. The molecule has 0 saturated heterocycles. The van der Waals surface area contributed by atoms with E-state index in [1.165, 1.54) is 13.0 Å². The topological polar surface area (TPSA) is 58.2 Å². The highest BCUT2D eigenvalue weighted by atomic mass is 19.1. The number of benzene rings is 2. The van der Waals surface area contributed by atoms with Gasteiger partial charge >= 0.3 is 0 Å². The van der Waals surface area contributed by atoms with Crippen molar-refractivity contribution in [3.63, 3.8) is 0 Å². The monoisotopic (exact) mass is 328 g/mol. The molecule has 2 rings (SSSR count). The van der Waals surface area contributed by atoms with Crippen LogP contribution in [0.1, 0.15) is 31.0 Å². The van der Waals surface area contributed by atoms with Crippen LogP contribution in [0, 0.1) is 5.82 Å². The fourth-order valence-electron chi connectivity index (χ4n) is 2.51. The molecule has 2 aromatic rings. The second kappa shape index (κ2) is 8.24. The predicted molar refractivity (Wildman–Crippen MR) is 90.7 cm³/mol. The van der Waals surface area contributed by atoms with Crippen molar-refractivity contribution in [2.45, 2.75) is 32.4 Å². The zero-order valence-corrected chi connectivity index (χ0v) is 13.8. The number of amides is 2. The highest BCUT2D eigenvalue weighted by molar-refractivity contribution is 5.86. The molecular formula is C19H21FN2O2. The summed E-state index contributed by atoms with van der Waals surface area (Å²) >= 11 is 0. The third-order valence-corrected chi connectivity index (χ3v) is 3.69. The van der Waals surface area contributed by atoms with E-state index in [-0.39, 0.29) is 17.6 Å². The number of halogens is 1. The molecule has 126 valence electrons. The van der Waals surface area contributed by atoms with Crippen LogP contribution in [-0.2, 0) is 16.0 Å². The molecule has 5 heteroatoms. The van der Waals surface area contributed by atoms with Gasteiger partial charge in [0.2, 0.25) is 11.8 Å². The van der Waals surface area contributed by atoms with Crippen molar-refractivity contribution in [1.29, 1.82) is 0 Å². The van der Waals surface area contributed by atoms with Crippen molar-refractivity contribution < 1.29 is 14.0 Å². The molecule has 0 bridgehead atoms. The summed E-state index contributed by atoms with van der Waals surface area (Å²) in [4.78, 5) is 23.4. The van der Waals surface area contributed by atoms with E-state index in [4.69, 9.17) is 0 Å². The van der Waals surface area contributed by atoms with Crippen LogP contribution < -0.4 is 10.6 Å². The van der Waals surface area contributed by atoms with Crippen molar-refractivity contribution in [3.05, 3.63) is 71.5 Å². The van der Waals surface area contributed by atoms with Gasteiger partial charge in [-0.25, -0.2) is 4.39 Å². The second-order valence-corrected chi connectivity index (χ2v) is 5.69. The molecule has 0 fully saturated rings. The van der Waals surface area contributed by atoms with Gasteiger partial charge in [-0.3, -0.25) is 9.59 Å². The summed E-state index contributed by atoms with van der Waals surface area (Å²) in [5.41, 5.74) is 1.41. The van der Waals surface area contributed by atoms with Gasteiger partial charge < -0.3 is 10.6 Å². The summed E-state index contributed by atoms with van der Waals surface area (Å²) in [5.74, 6) is -1.01. The van der Waals surface area contributed by atoms with E-state index in [1.54, 1.807) is 25.1 Å². The molecule has 0 aromatic heterocycles. The summed E-state index contributed by atoms with van der Waals surface area (Å²) < 4.78 is 14.2. The third-order valence-electron chi connectivity index (χ3n) is 3.69. The van der Waals surface area contributed by atoms with E-state index in [2.05, 4.69) is 10.6 Å². The molecule has 0 spiro atoms. The van der Waals surface area contributed by atoms with E-state index in [0.29, 0.717) is 12.0 Å². The minimum absolute atomic E-state index is 0.289. The van der Waals surface area contributed by atoms with Gasteiger partial charge in [0, 0.05) is 12.5 Å². The lowest BCUT2D eigenvalue weighted by Crippen LogP contribution is -2.45. The largest absolute Gasteiger partial charge is 0.347 e. The average molecular weight is 328 g/mol. The Bertz CT molecular complexity index is 704. The molecule has 0 aliphatic heterocycles. The van der Waals surface area contributed by atoms with Gasteiger partial charge in [-0.15, -0.1) is 0 Å². The summed E-state index contributed by atoms with van der Waals surface area (Å²) in [6, 6.07) is 14.7. The Morgan fingerprint density at radius 2 is 1.62 bits per heavy atom. The van der Waals surface area contributed by atoms with Crippen molar-refractivity contribution in [3.8, 4) is 0 Å². The van der Waals surface area contributed by atoms with Gasteiger partial charge in [0.15, 0.2) is 0 Å². The number of carbonyl (C=O) groups is 2. The Kier molecular flexibility index (Phi) is 6.07. The van der Waals surface area contributed by atoms with Crippen LogP contribution in [0.15, 0.2) is 54.6 Å². The van der Waals surface area contributed by atoms with Crippen molar-refractivity contribution in [1.82, 2.24) is 10.6 Å². The summed E-state index contributed by atoms with van der Waals surface area (Å²) in [5, 5.41) is 5.37. The molecule has 0 heterocycles. The number of carbonyl (C=O) groups excluding carboxylic acids is 2. The fourth-order valence-corrected chi connectivity index (χ4v) is 2.51. The lowest BCUT2D eigenvalue weighted by atomic mass is 9.98. The van der Waals surface area contributed by atoms with Crippen molar-refractivity contribution >= 4 is 11.8 Å². The summed E-state index contributed by atoms with van der Waals surface area (Å²) in [6.07, 6.45) is 0.459. The average Bonchev–Trinajstić information content (AvgIpc) is 2.55. The number of hydrogen-bond acceptors (Lipinski definition) is 2. The maximum atomic E-state index is 14.2. The predicted octanol–water partition coefficient (Wildman–Crippen LogP) is 2.75.